The number of rotatable bonds is 4. The van der Waals surface area contributed by atoms with Crippen LogP contribution < -0.4 is 11.1 Å². The van der Waals surface area contributed by atoms with Gasteiger partial charge >= 0.3 is 0 Å². The highest BCUT2D eigenvalue weighted by atomic mass is 16.5. The van der Waals surface area contributed by atoms with Crippen LogP contribution in [-0.4, -0.2) is 34.8 Å². The minimum Gasteiger partial charge on any atom is -0.382 e. The molecule has 1 amide bonds. The van der Waals surface area contributed by atoms with E-state index >= 15 is 0 Å². The number of pyridine rings is 1. The molecule has 0 radical (unpaired) electrons. The number of nitrogens with zero attached hydrogens (tertiary/aromatic N) is 2. The summed E-state index contributed by atoms with van der Waals surface area (Å²) in [7, 11) is 1.47. The molecular formula is C21H23N5O2. The van der Waals surface area contributed by atoms with Crippen LogP contribution in [0, 0.1) is 17.3 Å². The number of fused-ring (bicyclic) bond motifs is 1. The van der Waals surface area contributed by atoms with Gasteiger partial charge < -0.3 is 15.8 Å². The fourth-order valence-corrected chi connectivity index (χ4v) is 2.65. The summed E-state index contributed by atoms with van der Waals surface area (Å²) in [5.74, 6) is 7.08. The van der Waals surface area contributed by atoms with Gasteiger partial charge in [0.2, 0.25) is 0 Å². The first-order chi connectivity index (χ1) is 13.3. The van der Waals surface area contributed by atoms with Crippen molar-refractivity contribution in [3.63, 3.8) is 0 Å². The maximum absolute atomic E-state index is 11.8. The second-order valence-corrected chi connectivity index (χ2v) is 7.47. The molecule has 144 valence electrons. The highest BCUT2D eigenvalue weighted by Gasteiger charge is 2.12. The number of aromatic amines is 1. The summed E-state index contributed by atoms with van der Waals surface area (Å²) in [6.07, 6.45) is 1.64. The zero-order valence-corrected chi connectivity index (χ0v) is 16.4. The van der Waals surface area contributed by atoms with Crippen LogP contribution in [0.15, 0.2) is 30.5 Å². The molecule has 0 aliphatic rings. The van der Waals surface area contributed by atoms with Crippen LogP contribution in [0.1, 0.15) is 26.3 Å². The van der Waals surface area contributed by atoms with Gasteiger partial charge in [-0.3, -0.25) is 9.89 Å². The average molecular weight is 377 g/mol. The Morgan fingerprint density at radius 1 is 1.29 bits per heavy atom. The van der Waals surface area contributed by atoms with Crippen LogP contribution in [0.4, 0.5) is 11.6 Å². The van der Waals surface area contributed by atoms with Crippen molar-refractivity contribution in [3.8, 4) is 23.0 Å². The zero-order chi connectivity index (χ0) is 20.3. The van der Waals surface area contributed by atoms with Gasteiger partial charge in [0.15, 0.2) is 5.82 Å². The van der Waals surface area contributed by atoms with E-state index in [1.54, 1.807) is 12.3 Å². The molecule has 28 heavy (non-hydrogen) atoms. The van der Waals surface area contributed by atoms with E-state index in [9.17, 15) is 4.79 Å². The number of aromatic nitrogens is 3. The predicted octanol–water partition coefficient (Wildman–Crippen LogP) is 3.19. The molecule has 0 fully saturated rings. The molecule has 0 atom stereocenters. The second kappa shape index (κ2) is 7.71. The molecular weight excluding hydrogens is 354 g/mol. The van der Waals surface area contributed by atoms with E-state index in [-0.39, 0.29) is 17.9 Å². The van der Waals surface area contributed by atoms with Crippen molar-refractivity contribution in [2.24, 2.45) is 5.41 Å². The number of amides is 1. The Morgan fingerprint density at radius 3 is 2.79 bits per heavy atom. The molecule has 7 nitrogen and oxygen atoms in total. The minimum absolute atomic E-state index is 0.0318. The Labute approximate surface area is 163 Å². The first-order valence-electron chi connectivity index (χ1n) is 8.83. The highest BCUT2D eigenvalue weighted by molar-refractivity contribution is 5.97. The standard InChI is InChI=1S/C21H23N5O2/c1-21(2,3)7-5-14-9-15(10-16-19(14)25-26-20(16)22)13-6-8-23-17(11-13)24-18(27)12-28-4/h6,8-11H,12H2,1-4H3,(H3,22,25,26)(H,23,24,27). The van der Waals surface area contributed by atoms with Gasteiger partial charge in [-0.15, -0.1) is 0 Å². The molecule has 0 saturated heterocycles. The molecule has 0 saturated carbocycles. The first-order valence-corrected chi connectivity index (χ1v) is 8.83. The number of benzene rings is 1. The van der Waals surface area contributed by atoms with Crippen molar-refractivity contribution in [2.75, 3.05) is 24.8 Å². The van der Waals surface area contributed by atoms with Gasteiger partial charge in [0, 0.05) is 24.1 Å². The first kappa shape index (κ1) is 19.4. The van der Waals surface area contributed by atoms with E-state index in [0.717, 1.165) is 27.6 Å². The highest BCUT2D eigenvalue weighted by Crippen LogP contribution is 2.30. The number of anilines is 2. The number of nitrogen functional groups attached to an aromatic ring is 1. The number of nitrogens with two attached hydrogens (primary N) is 1. The fourth-order valence-electron chi connectivity index (χ4n) is 2.65. The third kappa shape index (κ3) is 4.48. The maximum Gasteiger partial charge on any atom is 0.251 e. The van der Waals surface area contributed by atoms with Gasteiger partial charge in [0.25, 0.3) is 5.91 Å². The summed E-state index contributed by atoms with van der Waals surface area (Å²) < 4.78 is 4.83. The fraction of sp³-hybridized carbons (Fsp3) is 0.286. The molecule has 0 bridgehead atoms. The SMILES string of the molecule is COCC(=O)Nc1cc(-c2cc(C#CC(C)(C)C)c3[nH]nc(N)c3c2)ccn1. The smallest absolute Gasteiger partial charge is 0.251 e. The minimum atomic E-state index is -0.265. The monoisotopic (exact) mass is 377 g/mol. The number of nitrogens with one attached hydrogen (secondary N) is 2. The van der Waals surface area contributed by atoms with Gasteiger partial charge in [0.05, 0.1) is 11.1 Å². The van der Waals surface area contributed by atoms with Crippen molar-refractivity contribution in [1.82, 2.24) is 15.2 Å². The Hall–Kier alpha value is -3.37. The number of hydrogen-bond acceptors (Lipinski definition) is 5. The summed E-state index contributed by atoms with van der Waals surface area (Å²) in [6, 6.07) is 7.59. The van der Waals surface area contributed by atoms with Crippen LogP contribution in [0.3, 0.4) is 0 Å². The van der Waals surface area contributed by atoms with E-state index in [2.05, 4.69) is 53.1 Å². The molecule has 2 heterocycles. The van der Waals surface area contributed by atoms with Crippen LogP contribution in [-0.2, 0) is 9.53 Å². The maximum atomic E-state index is 11.8. The number of carbonyl (C=O) groups is 1. The number of ether oxygens (including phenoxy) is 1. The third-order valence-electron chi connectivity index (χ3n) is 3.91. The molecule has 0 spiro atoms. The predicted molar refractivity (Wildman–Crippen MR) is 111 cm³/mol. The molecule has 0 aliphatic heterocycles. The van der Waals surface area contributed by atoms with Gasteiger partial charge in [0.1, 0.15) is 12.4 Å². The van der Waals surface area contributed by atoms with Crippen LogP contribution >= 0.6 is 0 Å². The lowest BCUT2D eigenvalue weighted by atomic mass is 9.96. The van der Waals surface area contributed by atoms with E-state index in [1.165, 1.54) is 7.11 Å². The Balaban J connectivity index is 2.07. The Kier molecular flexibility index (Phi) is 5.34. The molecule has 0 aliphatic carbocycles. The number of carbonyl (C=O) groups excluding carboxylic acids is 1. The van der Waals surface area contributed by atoms with Crippen molar-refractivity contribution >= 4 is 28.4 Å². The summed E-state index contributed by atoms with van der Waals surface area (Å²) in [6.45, 7) is 6.14. The normalized spacial score (nSPS) is 11.1. The Morgan fingerprint density at radius 2 is 2.07 bits per heavy atom. The molecule has 4 N–H and O–H groups in total. The summed E-state index contributed by atoms with van der Waals surface area (Å²) in [4.78, 5) is 15.9. The lowest BCUT2D eigenvalue weighted by Gasteiger charge is -2.09. The van der Waals surface area contributed by atoms with E-state index in [1.807, 2.05) is 18.2 Å². The summed E-state index contributed by atoms with van der Waals surface area (Å²) in [5.41, 5.74) is 9.30. The van der Waals surface area contributed by atoms with E-state index in [4.69, 9.17) is 10.5 Å². The molecule has 2 aromatic heterocycles. The van der Waals surface area contributed by atoms with Crippen LogP contribution in [0.2, 0.25) is 0 Å². The van der Waals surface area contributed by atoms with Crippen molar-refractivity contribution in [1.29, 1.82) is 0 Å². The largest absolute Gasteiger partial charge is 0.382 e. The molecule has 3 aromatic rings. The van der Waals surface area contributed by atoms with Gasteiger partial charge in [-0.05, 0) is 56.2 Å². The van der Waals surface area contributed by atoms with Gasteiger partial charge in [-0.2, -0.15) is 5.10 Å². The lowest BCUT2D eigenvalue weighted by molar-refractivity contribution is -0.119. The van der Waals surface area contributed by atoms with Crippen LogP contribution in [0.25, 0.3) is 22.0 Å². The zero-order valence-electron chi connectivity index (χ0n) is 16.4. The molecule has 3 rings (SSSR count). The average Bonchev–Trinajstić information content (AvgIpc) is 3.00. The Bertz CT molecular complexity index is 1080. The van der Waals surface area contributed by atoms with Crippen LogP contribution in [0.5, 0.6) is 0 Å². The third-order valence-corrected chi connectivity index (χ3v) is 3.91. The number of hydrogen-bond donors (Lipinski definition) is 3. The van der Waals surface area contributed by atoms with Gasteiger partial charge in [-0.1, -0.05) is 11.8 Å². The van der Waals surface area contributed by atoms with Crippen molar-refractivity contribution < 1.29 is 9.53 Å². The van der Waals surface area contributed by atoms with E-state index in [0.29, 0.717) is 11.6 Å². The lowest BCUT2D eigenvalue weighted by Crippen LogP contribution is -2.17. The molecule has 7 heteroatoms. The summed E-state index contributed by atoms with van der Waals surface area (Å²) in [5, 5.41) is 10.6. The van der Waals surface area contributed by atoms with E-state index < -0.39 is 0 Å². The quantitative estimate of drug-likeness (QED) is 0.606. The molecule has 1 aromatic carbocycles. The number of methoxy groups -OCH3 is 1. The van der Waals surface area contributed by atoms with Gasteiger partial charge in [-0.25, -0.2) is 4.98 Å². The molecule has 0 unspecified atom stereocenters. The van der Waals surface area contributed by atoms with Crippen molar-refractivity contribution in [3.05, 3.63) is 36.0 Å². The summed E-state index contributed by atoms with van der Waals surface area (Å²) >= 11 is 0. The topological polar surface area (TPSA) is 106 Å². The second-order valence-electron chi connectivity index (χ2n) is 7.47. The van der Waals surface area contributed by atoms with Crippen molar-refractivity contribution in [2.45, 2.75) is 20.8 Å². The number of H-pyrrole nitrogens is 1.